The Morgan fingerprint density at radius 2 is 0.766 bits per heavy atom. The van der Waals surface area contributed by atoms with Gasteiger partial charge in [-0.1, -0.05) is 291 Å². The summed E-state index contributed by atoms with van der Waals surface area (Å²) < 4.78 is 4.90. The van der Waals surface area contributed by atoms with Crippen LogP contribution in [0.25, 0.3) is 0 Å². The molecule has 0 radical (unpaired) electrons. The minimum Gasteiger partial charge on any atom is -0.310 e. The minimum absolute atomic E-state index is 0.665. The topological polar surface area (TPSA) is 20.8 Å². The lowest BCUT2D eigenvalue weighted by Gasteiger charge is -2.22. The van der Waals surface area contributed by atoms with Crippen LogP contribution in [0.15, 0.2) is 0 Å². The highest BCUT2D eigenvalue weighted by molar-refractivity contribution is 5.06. The van der Waals surface area contributed by atoms with Crippen LogP contribution in [0.3, 0.4) is 0 Å². The van der Waals surface area contributed by atoms with Crippen LogP contribution >= 0.6 is 0 Å². The Hall–Kier alpha value is -0.830. The number of hydrogen-bond acceptors (Lipinski definition) is 1. The zero-order valence-electron chi connectivity index (χ0n) is 46.0. The Labute approximate surface area is 405 Å². The largest absolute Gasteiger partial charge is 0.310 e. The summed E-state index contributed by atoms with van der Waals surface area (Å²) in [5, 5.41) is 4.11. The Morgan fingerprint density at radius 3 is 1.12 bits per heavy atom. The SMILES string of the molecule is CCCCCCCCCCCCCCCCCCC(CCCCCCCCCCCCCCCCCC)CCCCC(CCC(C)CCCC(C)C)NCCn1c(C)c(C)[n+](C)c1C. The van der Waals surface area contributed by atoms with Crippen molar-refractivity contribution in [3.63, 3.8) is 0 Å². The molecule has 1 rings (SSSR count). The van der Waals surface area contributed by atoms with Crippen LogP contribution in [-0.4, -0.2) is 17.2 Å². The number of aromatic nitrogens is 2. The maximum absolute atomic E-state index is 4.11. The highest BCUT2D eigenvalue weighted by atomic mass is 15.2. The summed E-state index contributed by atoms with van der Waals surface area (Å²) in [6.07, 6.45) is 62.6. The highest BCUT2D eigenvalue weighted by Gasteiger charge is 2.20. The van der Waals surface area contributed by atoms with Gasteiger partial charge in [-0.15, -0.1) is 0 Å². The van der Waals surface area contributed by atoms with Crippen LogP contribution in [0.2, 0.25) is 0 Å². The molecule has 0 aliphatic carbocycles. The fraction of sp³-hybridized carbons (Fsp3) is 0.951. The smallest absolute Gasteiger partial charge is 0.253 e. The van der Waals surface area contributed by atoms with E-state index in [1.54, 1.807) is 0 Å². The van der Waals surface area contributed by atoms with Gasteiger partial charge in [0.15, 0.2) is 0 Å². The van der Waals surface area contributed by atoms with Gasteiger partial charge in [0, 0.05) is 33.4 Å². The molecule has 1 aromatic rings. The van der Waals surface area contributed by atoms with E-state index in [1.807, 2.05) is 0 Å². The summed E-state index contributed by atoms with van der Waals surface area (Å²) in [5.41, 5.74) is 2.83. The Balaban J connectivity index is 2.50. The minimum atomic E-state index is 0.665. The summed E-state index contributed by atoms with van der Waals surface area (Å²) in [5.74, 6) is 4.04. The molecule has 64 heavy (non-hydrogen) atoms. The number of hydrogen-bond donors (Lipinski definition) is 1. The third-order valence-corrected chi connectivity index (χ3v) is 15.9. The van der Waals surface area contributed by atoms with Gasteiger partial charge in [0.25, 0.3) is 5.82 Å². The summed E-state index contributed by atoms with van der Waals surface area (Å²) in [7, 11) is 2.22. The second-order valence-electron chi connectivity index (χ2n) is 22.4. The first-order valence-electron chi connectivity index (χ1n) is 30.0. The molecule has 0 aliphatic heterocycles. The van der Waals surface area contributed by atoms with Gasteiger partial charge in [-0.25, -0.2) is 9.13 Å². The summed E-state index contributed by atoms with van der Waals surface area (Å²) in [6.45, 7) is 21.0. The van der Waals surface area contributed by atoms with Crippen molar-refractivity contribution >= 4 is 0 Å². The normalized spacial score (nSPS) is 13.0. The Bertz CT molecular complexity index is 1040. The van der Waals surface area contributed by atoms with Crippen molar-refractivity contribution in [2.75, 3.05) is 6.54 Å². The highest BCUT2D eigenvalue weighted by Crippen LogP contribution is 2.26. The molecule has 0 saturated carbocycles. The fourth-order valence-corrected chi connectivity index (χ4v) is 10.9. The van der Waals surface area contributed by atoms with Crippen LogP contribution in [0.5, 0.6) is 0 Å². The van der Waals surface area contributed by atoms with Crippen molar-refractivity contribution in [3.8, 4) is 0 Å². The van der Waals surface area contributed by atoms with Crippen LogP contribution in [-0.2, 0) is 13.6 Å². The number of rotatable bonds is 50. The second kappa shape index (κ2) is 44.7. The number of nitrogens with one attached hydrogen (secondary N) is 1. The van der Waals surface area contributed by atoms with Crippen LogP contribution in [0.4, 0.5) is 0 Å². The molecule has 2 atom stereocenters. The van der Waals surface area contributed by atoms with Gasteiger partial charge < -0.3 is 5.32 Å². The first kappa shape index (κ1) is 61.2. The molecule has 1 N–H and O–H groups in total. The van der Waals surface area contributed by atoms with Crippen molar-refractivity contribution in [1.29, 1.82) is 0 Å². The van der Waals surface area contributed by atoms with E-state index < -0.39 is 0 Å². The first-order valence-corrected chi connectivity index (χ1v) is 30.0. The molecule has 0 amide bonds. The second-order valence-corrected chi connectivity index (χ2v) is 22.4. The molecule has 380 valence electrons. The van der Waals surface area contributed by atoms with Crippen molar-refractivity contribution in [3.05, 3.63) is 17.2 Å². The molecule has 3 nitrogen and oxygen atoms in total. The van der Waals surface area contributed by atoms with Crippen molar-refractivity contribution in [2.45, 2.75) is 344 Å². The fourth-order valence-electron chi connectivity index (χ4n) is 10.9. The number of unbranched alkanes of at least 4 members (excludes halogenated alkanes) is 31. The summed E-state index contributed by atoms with van der Waals surface area (Å²) in [4.78, 5) is 0. The predicted molar refractivity (Wildman–Crippen MR) is 289 cm³/mol. The van der Waals surface area contributed by atoms with Gasteiger partial charge in [-0.2, -0.15) is 0 Å². The van der Waals surface area contributed by atoms with E-state index in [9.17, 15) is 0 Å². The van der Waals surface area contributed by atoms with Gasteiger partial charge in [0.1, 0.15) is 17.9 Å². The van der Waals surface area contributed by atoms with E-state index in [-0.39, 0.29) is 0 Å². The lowest BCUT2D eigenvalue weighted by atomic mass is 9.88. The molecule has 1 heterocycles. The average Bonchev–Trinajstić information content (AvgIpc) is 3.46. The number of imidazole rings is 1. The molecular weight excluding hydrogens is 775 g/mol. The molecule has 0 fully saturated rings. The average molecular weight is 898 g/mol. The van der Waals surface area contributed by atoms with Gasteiger partial charge in [-0.3, -0.25) is 0 Å². The standard InChI is InChI=1S/C61H122N3/c1-10-12-14-16-18-20-22-24-26-28-30-32-34-36-38-40-47-60(48-41-39-37-35-33-31-29-27-25-23-21-19-17-15-13-11-2)49-42-43-50-61(52-51-56(5)46-44-45-55(3)4)62-53-54-64-58(7)57(6)63(9)59(64)8/h55-56,60-62H,10-54H2,1-9H3/q+1. The molecular formula is C61H122N3+. The Morgan fingerprint density at radius 1 is 0.406 bits per heavy atom. The van der Waals surface area contributed by atoms with Crippen molar-refractivity contribution < 1.29 is 4.57 Å². The van der Waals surface area contributed by atoms with E-state index in [4.69, 9.17) is 0 Å². The first-order chi connectivity index (χ1) is 31.2. The monoisotopic (exact) mass is 897 g/mol. The lowest BCUT2D eigenvalue weighted by molar-refractivity contribution is -0.683. The summed E-state index contributed by atoms with van der Waals surface area (Å²) in [6, 6.07) is 0.665. The molecule has 0 spiro atoms. The van der Waals surface area contributed by atoms with Crippen molar-refractivity contribution in [2.24, 2.45) is 24.8 Å². The van der Waals surface area contributed by atoms with Gasteiger partial charge in [-0.05, 0) is 37.0 Å². The third kappa shape index (κ3) is 35.3. The summed E-state index contributed by atoms with van der Waals surface area (Å²) >= 11 is 0. The van der Waals surface area contributed by atoms with Crippen LogP contribution < -0.4 is 9.88 Å². The molecule has 3 heteroatoms. The van der Waals surface area contributed by atoms with E-state index in [2.05, 4.69) is 76.9 Å². The zero-order chi connectivity index (χ0) is 46.7. The molecule has 0 saturated heterocycles. The van der Waals surface area contributed by atoms with Gasteiger partial charge in [0.05, 0.1) is 7.05 Å². The molecule has 0 aliphatic rings. The van der Waals surface area contributed by atoms with E-state index in [0.29, 0.717) is 6.04 Å². The number of nitrogens with zero attached hydrogens (tertiary/aromatic N) is 2. The maximum Gasteiger partial charge on any atom is 0.253 e. The van der Waals surface area contributed by atoms with Crippen LogP contribution in [0.1, 0.15) is 328 Å². The molecule has 0 bridgehead atoms. The van der Waals surface area contributed by atoms with Crippen molar-refractivity contribution in [1.82, 2.24) is 9.88 Å². The quantitative estimate of drug-likeness (QED) is 0.0510. The maximum atomic E-state index is 4.11. The third-order valence-electron chi connectivity index (χ3n) is 15.9. The van der Waals surface area contributed by atoms with E-state index in [0.717, 1.165) is 30.8 Å². The molecule has 2 unspecified atom stereocenters. The predicted octanol–water partition coefficient (Wildman–Crippen LogP) is 19.9. The van der Waals surface area contributed by atoms with E-state index in [1.165, 1.54) is 293 Å². The van der Waals surface area contributed by atoms with Gasteiger partial charge in [0.2, 0.25) is 0 Å². The van der Waals surface area contributed by atoms with Gasteiger partial charge >= 0.3 is 0 Å². The molecule has 0 aromatic carbocycles. The Kier molecular flexibility index (Phi) is 42.7. The lowest BCUT2D eigenvalue weighted by Crippen LogP contribution is -2.35. The molecule has 1 aromatic heterocycles. The zero-order valence-corrected chi connectivity index (χ0v) is 46.0. The van der Waals surface area contributed by atoms with E-state index >= 15 is 0 Å². The van der Waals surface area contributed by atoms with Crippen LogP contribution in [0, 0.1) is 38.5 Å².